The molecule has 0 unspecified atom stereocenters. The van der Waals surface area contributed by atoms with E-state index >= 15 is 0 Å². The molecule has 2 amide bonds. The molecule has 1 atom stereocenters. The Morgan fingerprint density at radius 2 is 1.70 bits per heavy atom. The van der Waals surface area contributed by atoms with Crippen molar-refractivity contribution in [3.05, 3.63) is 51.8 Å². The van der Waals surface area contributed by atoms with Gasteiger partial charge in [-0.05, 0) is 40.7 Å². The van der Waals surface area contributed by atoms with E-state index in [9.17, 15) is 22.8 Å². The summed E-state index contributed by atoms with van der Waals surface area (Å²) in [6, 6.07) is 4.94. The summed E-state index contributed by atoms with van der Waals surface area (Å²) in [4.78, 5) is 37.6. The number of aryl methyl sites for hydroxylation is 2. The molecule has 3 N–H and O–H groups in total. The van der Waals surface area contributed by atoms with Crippen LogP contribution in [0.5, 0.6) is 0 Å². The number of aromatic nitrogens is 3. The van der Waals surface area contributed by atoms with Gasteiger partial charge in [-0.3, -0.25) is 25.2 Å². The minimum Gasteiger partial charge on any atom is -0.360 e. The van der Waals surface area contributed by atoms with Crippen LogP contribution in [0.4, 0.5) is 0 Å². The molecule has 2 aromatic heterocycles. The third kappa shape index (κ3) is 4.78. The molecule has 176 valence electrons. The van der Waals surface area contributed by atoms with E-state index in [-0.39, 0.29) is 33.6 Å². The van der Waals surface area contributed by atoms with E-state index in [1.54, 1.807) is 38.1 Å². The zero-order valence-corrected chi connectivity index (χ0v) is 19.5. The molecule has 2 heterocycles. The lowest BCUT2D eigenvalue weighted by Crippen LogP contribution is -2.51. The topological polar surface area (TPSA) is 165 Å². The number of sulfonamides is 1. The Balaban J connectivity index is 1.77. The standard InChI is InChI=1S/C20H24N6O6S/c1-10(2)26-20(29)15-9-7-6-8-14(15)16(23-26)19(28)22-21-18(27)12(4)25-33(30,31)17-11(3)24-32-13(17)5/h6-10,12,25H,1-5H3,(H,21,27)(H,22,28)/t12-/m0/s1. The molecule has 12 nitrogen and oxygen atoms in total. The van der Waals surface area contributed by atoms with E-state index in [0.29, 0.717) is 10.8 Å². The zero-order valence-electron chi connectivity index (χ0n) is 18.7. The summed E-state index contributed by atoms with van der Waals surface area (Å²) in [7, 11) is -4.09. The van der Waals surface area contributed by atoms with E-state index in [1.165, 1.54) is 25.5 Å². The van der Waals surface area contributed by atoms with Crippen molar-refractivity contribution in [2.75, 3.05) is 0 Å². The van der Waals surface area contributed by atoms with Crippen LogP contribution in [-0.4, -0.2) is 41.2 Å². The van der Waals surface area contributed by atoms with Crippen molar-refractivity contribution in [2.45, 2.75) is 51.6 Å². The van der Waals surface area contributed by atoms with Gasteiger partial charge in [0, 0.05) is 5.39 Å². The normalized spacial score (nSPS) is 12.7. The zero-order chi connectivity index (χ0) is 24.5. The van der Waals surface area contributed by atoms with Gasteiger partial charge in [-0.2, -0.15) is 9.82 Å². The SMILES string of the molecule is Cc1noc(C)c1S(=O)(=O)N[C@@H](C)C(=O)NNC(=O)c1nn(C(C)C)c(=O)c2ccccc12. The smallest absolute Gasteiger partial charge is 0.290 e. The molecule has 3 aromatic rings. The van der Waals surface area contributed by atoms with Gasteiger partial charge in [0.2, 0.25) is 10.0 Å². The highest BCUT2D eigenvalue weighted by molar-refractivity contribution is 7.89. The fourth-order valence-corrected chi connectivity index (χ4v) is 4.75. The first kappa shape index (κ1) is 24.1. The van der Waals surface area contributed by atoms with Gasteiger partial charge < -0.3 is 4.52 Å². The second-order valence-electron chi connectivity index (χ2n) is 7.68. The van der Waals surface area contributed by atoms with Crippen molar-refractivity contribution in [2.24, 2.45) is 0 Å². The molecular formula is C20H24N6O6S. The maximum Gasteiger partial charge on any atom is 0.290 e. The Labute approximate surface area is 189 Å². The second kappa shape index (κ2) is 9.11. The van der Waals surface area contributed by atoms with Gasteiger partial charge >= 0.3 is 0 Å². The number of hydrazine groups is 1. The van der Waals surface area contributed by atoms with Crippen LogP contribution >= 0.6 is 0 Å². The van der Waals surface area contributed by atoms with Crippen LogP contribution in [0.25, 0.3) is 10.8 Å². The summed E-state index contributed by atoms with van der Waals surface area (Å²) in [6.07, 6.45) is 0. The maximum atomic E-state index is 12.8. The lowest BCUT2D eigenvalue weighted by Gasteiger charge is -2.16. The Kier molecular flexibility index (Phi) is 6.65. The minimum absolute atomic E-state index is 0.0665. The Hall–Kier alpha value is -3.58. The summed E-state index contributed by atoms with van der Waals surface area (Å²) >= 11 is 0. The fourth-order valence-electron chi connectivity index (χ4n) is 3.21. The third-order valence-electron chi connectivity index (χ3n) is 4.79. The van der Waals surface area contributed by atoms with Gasteiger partial charge in [-0.15, -0.1) is 0 Å². The van der Waals surface area contributed by atoms with Crippen molar-refractivity contribution >= 4 is 32.6 Å². The summed E-state index contributed by atoms with van der Waals surface area (Å²) < 4.78 is 33.4. The molecule has 0 radical (unpaired) electrons. The third-order valence-corrected chi connectivity index (χ3v) is 6.58. The van der Waals surface area contributed by atoms with Crippen LogP contribution in [0.2, 0.25) is 0 Å². The number of hydrogen-bond acceptors (Lipinski definition) is 8. The average Bonchev–Trinajstić information content (AvgIpc) is 3.10. The van der Waals surface area contributed by atoms with Gasteiger partial charge in [0.05, 0.1) is 17.5 Å². The first-order valence-corrected chi connectivity index (χ1v) is 11.5. The predicted molar refractivity (Wildman–Crippen MR) is 118 cm³/mol. The number of nitrogens with zero attached hydrogens (tertiary/aromatic N) is 3. The molecule has 0 aliphatic rings. The van der Waals surface area contributed by atoms with Crippen molar-refractivity contribution in [3.8, 4) is 0 Å². The highest BCUT2D eigenvalue weighted by atomic mass is 32.2. The lowest BCUT2D eigenvalue weighted by molar-refractivity contribution is -0.123. The van der Waals surface area contributed by atoms with Crippen molar-refractivity contribution < 1.29 is 22.5 Å². The Bertz CT molecular complexity index is 1370. The Morgan fingerprint density at radius 3 is 2.27 bits per heavy atom. The number of amides is 2. The fraction of sp³-hybridized carbons (Fsp3) is 0.350. The summed E-state index contributed by atoms with van der Waals surface area (Å²) in [6.45, 7) is 7.71. The molecule has 0 fully saturated rings. The minimum atomic E-state index is -4.09. The molecule has 0 aliphatic carbocycles. The Morgan fingerprint density at radius 1 is 1.06 bits per heavy atom. The highest BCUT2D eigenvalue weighted by Crippen LogP contribution is 2.19. The average molecular weight is 477 g/mol. The maximum absolute atomic E-state index is 12.8. The predicted octanol–water partition coefficient (Wildman–Crippen LogP) is 0.710. The summed E-state index contributed by atoms with van der Waals surface area (Å²) in [5.74, 6) is -1.51. The quantitative estimate of drug-likeness (QED) is 0.438. The van der Waals surface area contributed by atoms with E-state index in [1.807, 2.05) is 0 Å². The monoisotopic (exact) mass is 476 g/mol. The van der Waals surface area contributed by atoms with Crippen molar-refractivity contribution in [1.82, 2.24) is 30.5 Å². The molecule has 0 saturated carbocycles. The van der Waals surface area contributed by atoms with Gasteiger partial charge in [-0.25, -0.2) is 13.1 Å². The molecule has 13 heteroatoms. The van der Waals surface area contributed by atoms with Crippen molar-refractivity contribution in [3.63, 3.8) is 0 Å². The summed E-state index contributed by atoms with van der Waals surface area (Å²) in [5.41, 5.74) is 4.13. The molecule has 1 aromatic carbocycles. The number of fused-ring (bicyclic) bond motifs is 1. The van der Waals surface area contributed by atoms with Crippen LogP contribution < -0.4 is 21.1 Å². The van der Waals surface area contributed by atoms with Crippen LogP contribution in [-0.2, 0) is 14.8 Å². The molecule has 0 bridgehead atoms. The number of carbonyl (C=O) groups excluding carboxylic acids is 2. The van der Waals surface area contributed by atoms with Gasteiger partial charge in [0.15, 0.2) is 11.5 Å². The van der Waals surface area contributed by atoms with Crippen LogP contribution in [0.1, 0.15) is 48.8 Å². The molecule has 0 spiro atoms. The first-order chi connectivity index (χ1) is 15.4. The molecule has 33 heavy (non-hydrogen) atoms. The number of benzene rings is 1. The molecule has 3 rings (SSSR count). The molecule has 0 aliphatic heterocycles. The highest BCUT2D eigenvalue weighted by Gasteiger charge is 2.28. The first-order valence-electron chi connectivity index (χ1n) is 10.0. The van der Waals surface area contributed by atoms with E-state index in [2.05, 4.69) is 25.8 Å². The number of rotatable bonds is 6. The molecular weight excluding hydrogens is 452 g/mol. The number of carbonyl (C=O) groups is 2. The van der Waals surface area contributed by atoms with Gasteiger partial charge in [0.1, 0.15) is 10.6 Å². The largest absolute Gasteiger partial charge is 0.360 e. The van der Waals surface area contributed by atoms with Crippen molar-refractivity contribution in [1.29, 1.82) is 0 Å². The van der Waals surface area contributed by atoms with Crippen LogP contribution in [0.3, 0.4) is 0 Å². The van der Waals surface area contributed by atoms with E-state index in [4.69, 9.17) is 4.52 Å². The van der Waals surface area contributed by atoms with Crippen LogP contribution in [0, 0.1) is 13.8 Å². The van der Waals surface area contributed by atoms with Crippen LogP contribution in [0.15, 0.2) is 38.5 Å². The van der Waals surface area contributed by atoms with E-state index in [0.717, 1.165) is 0 Å². The summed E-state index contributed by atoms with van der Waals surface area (Å²) in [5, 5.41) is 8.36. The molecule has 0 saturated heterocycles. The lowest BCUT2D eigenvalue weighted by atomic mass is 10.1. The number of nitrogens with one attached hydrogen (secondary N) is 3. The van der Waals surface area contributed by atoms with Gasteiger partial charge in [0.25, 0.3) is 17.4 Å². The second-order valence-corrected chi connectivity index (χ2v) is 9.33. The van der Waals surface area contributed by atoms with E-state index < -0.39 is 27.9 Å². The van der Waals surface area contributed by atoms with Gasteiger partial charge in [-0.1, -0.05) is 23.4 Å². The number of hydrogen-bond donors (Lipinski definition) is 3.